The van der Waals surface area contributed by atoms with Crippen molar-refractivity contribution in [3.05, 3.63) is 73.7 Å². The molecule has 2 heterocycles. The number of ether oxygens (including phenoxy) is 1. The minimum absolute atomic E-state index is 0.0907. The SMILES string of the molecule is COC(Cn1c(=O)c2c(nc(Cl)n2CC=C(C)C)n(C)c1=O)c1ccccc1. The summed E-state index contributed by atoms with van der Waals surface area (Å²) in [6.07, 6.45) is 1.51. The molecular weight excluding hydrogens is 380 g/mol. The summed E-state index contributed by atoms with van der Waals surface area (Å²) in [6.45, 7) is 4.42. The minimum Gasteiger partial charge on any atom is -0.375 e. The van der Waals surface area contributed by atoms with E-state index in [2.05, 4.69) is 4.98 Å². The second-order valence-corrected chi connectivity index (χ2v) is 7.18. The summed E-state index contributed by atoms with van der Waals surface area (Å²) in [5.41, 5.74) is 1.65. The van der Waals surface area contributed by atoms with E-state index >= 15 is 0 Å². The third kappa shape index (κ3) is 3.68. The smallest absolute Gasteiger partial charge is 0.332 e. The zero-order valence-electron chi connectivity index (χ0n) is 16.3. The number of halogens is 1. The Kier molecular flexibility index (Phi) is 5.86. The number of benzene rings is 1. The number of hydrogen-bond acceptors (Lipinski definition) is 4. The van der Waals surface area contributed by atoms with E-state index in [1.165, 1.54) is 9.13 Å². The monoisotopic (exact) mass is 402 g/mol. The van der Waals surface area contributed by atoms with E-state index in [4.69, 9.17) is 16.3 Å². The van der Waals surface area contributed by atoms with Gasteiger partial charge in [0.2, 0.25) is 5.28 Å². The van der Waals surface area contributed by atoms with Crippen molar-refractivity contribution in [1.29, 1.82) is 0 Å². The maximum Gasteiger partial charge on any atom is 0.332 e. The molecule has 0 radical (unpaired) electrons. The number of nitrogens with zero attached hydrogens (tertiary/aromatic N) is 4. The summed E-state index contributed by atoms with van der Waals surface area (Å²) in [5.74, 6) is 0. The van der Waals surface area contributed by atoms with Gasteiger partial charge in [0.15, 0.2) is 11.2 Å². The van der Waals surface area contributed by atoms with Crippen LogP contribution in [0, 0.1) is 0 Å². The van der Waals surface area contributed by atoms with Crippen molar-refractivity contribution in [2.45, 2.75) is 33.0 Å². The first-order valence-corrected chi connectivity index (χ1v) is 9.29. The molecule has 0 fully saturated rings. The third-order valence-electron chi connectivity index (χ3n) is 4.67. The Bertz CT molecular complexity index is 1140. The molecule has 0 aliphatic rings. The first kappa shape index (κ1) is 20.1. The molecule has 28 heavy (non-hydrogen) atoms. The molecule has 3 aromatic rings. The zero-order chi connectivity index (χ0) is 20.4. The number of imidazole rings is 1. The molecular formula is C20H23ClN4O3. The van der Waals surface area contributed by atoms with Crippen LogP contribution in [0.2, 0.25) is 5.28 Å². The lowest BCUT2D eigenvalue weighted by Gasteiger charge is -2.17. The summed E-state index contributed by atoms with van der Waals surface area (Å²) >= 11 is 6.26. The number of allylic oxidation sites excluding steroid dienone is 2. The standard InChI is InChI=1S/C20H23ClN4O3/c1-13(2)10-11-24-16-17(22-19(24)21)23(3)20(27)25(18(16)26)12-15(28-4)14-8-6-5-7-9-14/h5-10,15H,11-12H2,1-4H3. The second-order valence-electron chi connectivity index (χ2n) is 6.84. The van der Waals surface area contributed by atoms with E-state index in [9.17, 15) is 9.59 Å². The molecule has 0 saturated carbocycles. The van der Waals surface area contributed by atoms with Crippen molar-refractivity contribution >= 4 is 22.8 Å². The molecule has 8 heteroatoms. The van der Waals surface area contributed by atoms with Gasteiger partial charge in [-0.3, -0.25) is 13.9 Å². The highest BCUT2D eigenvalue weighted by molar-refractivity contribution is 6.29. The van der Waals surface area contributed by atoms with E-state index in [-0.39, 0.29) is 17.5 Å². The van der Waals surface area contributed by atoms with Gasteiger partial charge in [0.1, 0.15) is 6.10 Å². The fraction of sp³-hybridized carbons (Fsp3) is 0.350. The van der Waals surface area contributed by atoms with Crippen molar-refractivity contribution in [1.82, 2.24) is 18.7 Å². The molecule has 0 aliphatic heterocycles. The predicted molar refractivity (Wildman–Crippen MR) is 110 cm³/mol. The Hall–Kier alpha value is -2.64. The lowest BCUT2D eigenvalue weighted by Crippen LogP contribution is -2.41. The van der Waals surface area contributed by atoms with Gasteiger partial charge >= 0.3 is 5.69 Å². The molecule has 0 N–H and O–H groups in total. The molecule has 7 nitrogen and oxygen atoms in total. The van der Waals surface area contributed by atoms with E-state index in [1.807, 2.05) is 50.3 Å². The zero-order valence-corrected chi connectivity index (χ0v) is 17.1. The van der Waals surface area contributed by atoms with Crippen LogP contribution in [0.4, 0.5) is 0 Å². The summed E-state index contributed by atoms with van der Waals surface area (Å²) < 4.78 is 9.70. The van der Waals surface area contributed by atoms with Gasteiger partial charge in [-0.25, -0.2) is 4.79 Å². The first-order valence-electron chi connectivity index (χ1n) is 8.91. The Morgan fingerprint density at radius 3 is 2.50 bits per heavy atom. The molecule has 0 bridgehead atoms. The van der Waals surface area contributed by atoms with E-state index in [0.29, 0.717) is 12.1 Å². The van der Waals surface area contributed by atoms with Crippen LogP contribution >= 0.6 is 11.6 Å². The van der Waals surface area contributed by atoms with Crippen LogP contribution in [0.25, 0.3) is 11.2 Å². The second kappa shape index (κ2) is 8.16. The molecule has 0 aliphatic carbocycles. The molecule has 1 unspecified atom stereocenters. The molecule has 2 aromatic heterocycles. The van der Waals surface area contributed by atoms with Crippen molar-refractivity contribution in [2.24, 2.45) is 7.05 Å². The van der Waals surface area contributed by atoms with Crippen LogP contribution in [0.3, 0.4) is 0 Å². The fourth-order valence-corrected chi connectivity index (χ4v) is 3.33. The number of fused-ring (bicyclic) bond motifs is 1. The maximum atomic E-state index is 13.2. The fourth-order valence-electron chi connectivity index (χ4n) is 3.10. The molecule has 1 atom stereocenters. The van der Waals surface area contributed by atoms with Crippen LogP contribution < -0.4 is 11.2 Å². The maximum absolute atomic E-state index is 13.2. The van der Waals surface area contributed by atoms with Gasteiger partial charge in [-0.1, -0.05) is 42.0 Å². The van der Waals surface area contributed by atoms with Gasteiger partial charge in [-0.2, -0.15) is 4.98 Å². The van der Waals surface area contributed by atoms with Crippen LogP contribution in [0.15, 0.2) is 51.6 Å². The van der Waals surface area contributed by atoms with Crippen LogP contribution in [0.1, 0.15) is 25.5 Å². The van der Waals surface area contributed by atoms with E-state index in [0.717, 1.165) is 11.1 Å². The number of aromatic nitrogens is 4. The normalized spacial score (nSPS) is 12.3. The third-order valence-corrected chi connectivity index (χ3v) is 4.96. The van der Waals surface area contributed by atoms with Crippen molar-refractivity contribution in [3.63, 3.8) is 0 Å². The van der Waals surface area contributed by atoms with Crippen molar-refractivity contribution < 1.29 is 4.74 Å². The number of rotatable bonds is 6. The first-order chi connectivity index (χ1) is 13.3. The molecule has 1 aromatic carbocycles. The highest BCUT2D eigenvalue weighted by Gasteiger charge is 2.21. The summed E-state index contributed by atoms with van der Waals surface area (Å²) in [4.78, 5) is 30.3. The quantitative estimate of drug-likeness (QED) is 0.469. The lowest BCUT2D eigenvalue weighted by molar-refractivity contribution is 0.0856. The van der Waals surface area contributed by atoms with Gasteiger partial charge in [-0.15, -0.1) is 0 Å². The minimum atomic E-state index is -0.459. The Morgan fingerprint density at radius 2 is 1.89 bits per heavy atom. The topological polar surface area (TPSA) is 71.1 Å². The van der Waals surface area contributed by atoms with Crippen LogP contribution in [0.5, 0.6) is 0 Å². The van der Waals surface area contributed by atoms with Crippen molar-refractivity contribution in [3.8, 4) is 0 Å². The van der Waals surface area contributed by atoms with Gasteiger partial charge in [0, 0.05) is 20.7 Å². The predicted octanol–water partition coefficient (Wildman–Crippen LogP) is 2.90. The average Bonchev–Trinajstić information content (AvgIpc) is 3.02. The van der Waals surface area contributed by atoms with Gasteiger partial charge in [-0.05, 0) is 31.0 Å². The molecule has 0 spiro atoms. The Labute approximate surface area is 167 Å². The van der Waals surface area contributed by atoms with Gasteiger partial charge in [0.05, 0.1) is 6.54 Å². The van der Waals surface area contributed by atoms with Crippen molar-refractivity contribution in [2.75, 3.05) is 7.11 Å². The van der Waals surface area contributed by atoms with E-state index in [1.54, 1.807) is 18.7 Å². The number of hydrogen-bond donors (Lipinski definition) is 0. The van der Waals surface area contributed by atoms with Crippen LogP contribution in [-0.2, 0) is 24.9 Å². The molecule has 0 saturated heterocycles. The van der Waals surface area contributed by atoms with Crippen LogP contribution in [-0.4, -0.2) is 25.8 Å². The summed E-state index contributed by atoms with van der Waals surface area (Å²) in [7, 11) is 3.14. The molecule has 0 amide bonds. The van der Waals surface area contributed by atoms with E-state index < -0.39 is 17.4 Å². The largest absolute Gasteiger partial charge is 0.375 e. The van der Waals surface area contributed by atoms with Gasteiger partial charge < -0.3 is 9.30 Å². The lowest BCUT2D eigenvalue weighted by atomic mass is 10.1. The molecule has 3 rings (SSSR count). The van der Waals surface area contributed by atoms with Gasteiger partial charge in [0.25, 0.3) is 5.56 Å². The molecule has 148 valence electrons. The summed E-state index contributed by atoms with van der Waals surface area (Å²) in [5, 5.41) is 0.170. The Balaban J connectivity index is 2.18. The Morgan fingerprint density at radius 1 is 1.21 bits per heavy atom. The highest BCUT2D eigenvalue weighted by Crippen LogP contribution is 2.19. The number of methoxy groups -OCH3 is 1. The average molecular weight is 403 g/mol. The summed E-state index contributed by atoms with van der Waals surface area (Å²) in [6, 6.07) is 9.48. The highest BCUT2D eigenvalue weighted by atomic mass is 35.5. The number of aryl methyl sites for hydroxylation is 1.